The van der Waals surface area contributed by atoms with E-state index < -0.39 is 5.54 Å². The largest absolute Gasteiger partial charge is 0.497 e. The van der Waals surface area contributed by atoms with Crippen LogP contribution in [0.5, 0.6) is 5.75 Å². The van der Waals surface area contributed by atoms with Crippen molar-refractivity contribution in [2.75, 3.05) is 13.7 Å². The molecule has 1 rings (SSSR count). The Labute approximate surface area is 113 Å². The van der Waals surface area contributed by atoms with E-state index in [9.17, 15) is 4.79 Å². The summed E-state index contributed by atoms with van der Waals surface area (Å²) in [6.45, 7) is 3.35. The Hall–Kier alpha value is -2.01. The highest BCUT2D eigenvalue weighted by molar-refractivity contribution is 5.76. The van der Waals surface area contributed by atoms with Crippen molar-refractivity contribution in [3.63, 3.8) is 0 Å². The molecule has 0 aliphatic carbocycles. The van der Waals surface area contributed by atoms with Crippen LogP contribution >= 0.6 is 0 Å². The topological polar surface area (TPSA) is 70.6 Å². The molecule has 2 amide bonds. The highest BCUT2D eigenvalue weighted by Crippen LogP contribution is 2.11. The second-order valence-corrected chi connectivity index (χ2v) is 4.75. The minimum absolute atomic E-state index is 0.122. The van der Waals surface area contributed by atoms with E-state index in [0.29, 0.717) is 0 Å². The highest BCUT2D eigenvalue weighted by Gasteiger charge is 2.17. The standard InChI is InChI=1S/C14H20N2O3/c1-14(2,10-17)16-13(18)15-9-8-11-4-6-12(19-3)7-5-11/h4-9,17H,10H2,1-3H3,(H2,15,16,18)/b9-8+. The third-order valence-electron chi connectivity index (χ3n) is 2.45. The minimum Gasteiger partial charge on any atom is -0.497 e. The zero-order valence-corrected chi connectivity index (χ0v) is 11.4. The molecule has 0 bridgehead atoms. The predicted octanol–water partition coefficient (Wildman–Crippen LogP) is 1.74. The van der Waals surface area contributed by atoms with E-state index in [0.717, 1.165) is 11.3 Å². The number of methoxy groups -OCH3 is 1. The maximum atomic E-state index is 11.5. The normalized spacial score (nSPS) is 11.4. The van der Waals surface area contributed by atoms with E-state index in [1.165, 1.54) is 0 Å². The molecule has 0 aliphatic heterocycles. The van der Waals surface area contributed by atoms with Gasteiger partial charge in [0.1, 0.15) is 5.75 Å². The second kappa shape index (κ2) is 6.80. The van der Waals surface area contributed by atoms with Gasteiger partial charge in [0.2, 0.25) is 0 Å². The van der Waals surface area contributed by atoms with Gasteiger partial charge >= 0.3 is 6.03 Å². The Balaban J connectivity index is 2.47. The van der Waals surface area contributed by atoms with Crippen LogP contribution in [0.2, 0.25) is 0 Å². The number of aliphatic hydroxyl groups is 1. The molecule has 0 saturated heterocycles. The maximum absolute atomic E-state index is 11.5. The van der Waals surface area contributed by atoms with E-state index >= 15 is 0 Å². The first kappa shape index (κ1) is 15.0. The molecule has 1 aromatic rings. The summed E-state index contributed by atoms with van der Waals surface area (Å²) in [6, 6.07) is 7.09. The number of carbonyl (C=O) groups is 1. The molecule has 0 aromatic heterocycles. The zero-order valence-electron chi connectivity index (χ0n) is 11.4. The zero-order chi connectivity index (χ0) is 14.3. The Morgan fingerprint density at radius 3 is 2.53 bits per heavy atom. The molecule has 1 aromatic carbocycles. The fraction of sp³-hybridized carbons (Fsp3) is 0.357. The van der Waals surface area contributed by atoms with E-state index in [4.69, 9.17) is 9.84 Å². The van der Waals surface area contributed by atoms with Gasteiger partial charge in [0.05, 0.1) is 19.3 Å². The SMILES string of the molecule is COc1ccc(/C=C/NC(=O)NC(C)(C)CO)cc1. The van der Waals surface area contributed by atoms with Gasteiger partial charge < -0.3 is 20.5 Å². The summed E-state index contributed by atoms with van der Waals surface area (Å²) in [5.41, 5.74) is 0.306. The summed E-state index contributed by atoms with van der Waals surface area (Å²) in [6.07, 6.45) is 3.32. The van der Waals surface area contributed by atoms with Crippen molar-refractivity contribution in [3.8, 4) is 5.75 Å². The van der Waals surface area contributed by atoms with Crippen LogP contribution in [0.4, 0.5) is 4.79 Å². The molecule has 0 unspecified atom stereocenters. The predicted molar refractivity (Wildman–Crippen MR) is 74.9 cm³/mol. The lowest BCUT2D eigenvalue weighted by molar-refractivity contribution is 0.183. The van der Waals surface area contributed by atoms with Crippen molar-refractivity contribution in [2.24, 2.45) is 0 Å². The van der Waals surface area contributed by atoms with Gasteiger partial charge in [-0.1, -0.05) is 12.1 Å². The number of rotatable bonds is 5. The summed E-state index contributed by atoms with van der Waals surface area (Å²) in [5, 5.41) is 14.2. The van der Waals surface area contributed by atoms with E-state index in [1.807, 2.05) is 24.3 Å². The molecule has 0 aliphatic rings. The van der Waals surface area contributed by atoms with Crippen molar-refractivity contribution in [3.05, 3.63) is 36.0 Å². The summed E-state index contributed by atoms with van der Waals surface area (Å²) >= 11 is 0. The molecular weight excluding hydrogens is 244 g/mol. The fourth-order valence-electron chi connectivity index (χ4n) is 1.31. The quantitative estimate of drug-likeness (QED) is 0.758. The van der Waals surface area contributed by atoms with Gasteiger partial charge in [-0.25, -0.2) is 4.79 Å². The van der Waals surface area contributed by atoms with Gasteiger partial charge in [-0.2, -0.15) is 0 Å². The molecular formula is C14H20N2O3. The van der Waals surface area contributed by atoms with E-state index in [-0.39, 0.29) is 12.6 Å². The summed E-state index contributed by atoms with van der Waals surface area (Å²) < 4.78 is 5.05. The van der Waals surface area contributed by atoms with Crippen LogP contribution in [-0.2, 0) is 0 Å². The smallest absolute Gasteiger partial charge is 0.319 e. The number of carbonyl (C=O) groups excluding carboxylic acids is 1. The number of hydrogen-bond donors (Lipinski definition) is 3. The molecule has 104 valence electrons. The van der Waals surface area contributed by atoms with Crippen molar-refractivity contribution in [2.45, 2.75) is 19.4 Å². The first-order valence-electron chi connectivity index (χ1n) is 5.97. The number of hydrogen-bond acceptors (Lipinski definition) is 3. The molecule has 5 heteroatoms. The third-order valence-corrected chi connectivity index (χ3v) is 2.45. The van der Waals surface area contributed by atoms with Crippen molar-refractivity contribution in [1.82, 2.24) is 10.6 Å². The van der Waals surface area contributed by atoms with Gasteiger partial charge in [0, 0.05) is 6.20 Å². The second-order valence-electron chi connectivity index (χ2n) is 4.75. The summed E-state index contributed by atoms with van der Waals surface area (Å²) in [7, 11) is 1.61. The van der Waals surface area contributed by atoms with Gasteiger partial charge in [-0.15, -0.1) is 0 Å². The van der Waals surface area contributed by atoms with Crippen LogP contribution in [-0.4, -0.2) is 30.4 Å². The average Bonchev–Trinajstić information content (AvgIpc) is 2.39. The van der Waals surface area contributed by atoms with Crippen LogP contribution in [0.25, 0.3) is 6.08 Å². The lowest BCUT2D eigenvalue weighted by atomic mass is 10.1. The minimum atomic E-state index is -0.641. The Morgan fingerprint density at radius 2 is 2.00 bits per heavy atom. The first-order chi connectivity index (χ1) is 8.96. The number of ether oxygens (including phenoxy) is 1. The van der Waals surface area contributed by atoms with Crippen molar-refractivity contribution < 1.29 is 14.6 Å². The van der Waals surface area contributed by atoms with Crippen LogP contribution in [0.15, 0.2) is 30.5 Å². The molecule has 0 atom stereocenters. The van der Waals surface area contributed by atoms with Gasteiger partial charge in [0.15, 0.2) is 0 Å². The molecule has 3 N–H and O–H groups in total. The summed E-state index contributed by atoms with van der Waals surface area (Å²) in [4.78, 5) is 11.5. The maximum Gasteiger partial charge on any atom is 0.319 e. The molecule has 19 heavy (non-hydrogen) atoms. The van der Waals surface area contributed by atoms with Crippen molar-refractivity contribution in [1.29, 1.82) is 0 Å². The molecule has 5 nitrogen and oxygen atoms in total. The number of aliphatic hydroxyl groups excluding tert-OH is 1. The van der Waals surface area contributed by atoms with E-state index in [2.05, 4.69) is 10.6 Å². The molecule has 0 radical (unpaired) electrons. The first-order valence-corrected chi connectivity index (χ1v) is 5.97. The highest BCUT2D eigenvalue weighted by atomic mass is 16.5. The fourth-order valence-corrected chi connectivity index (χ4v) is 1.31. The number of amides is 2. The third kappa shape index (κ3) is 5.44. The Morgan fingerprint density at radius 1 is 1.37 bits per heavy atom. The summed E-state index contributed by atoms with van der Waals surface area (Å²) in [5.74, 6) is 0.785. The van der Waals surface area contributed by atoms with Crippen molar-refractivity contribution >= 4 is 12.1 Å². The van der Waals surface area contributed by atoms with Crippen LogP contribution in [0.3, 0.4) is 0 Å². The Kier molecular flexibility index (Phi) is 5.38. The van der Waals surface area contributed by atoms with Crippen LogP contribution < -0.4 is 15.4 Å². The lowest BCUT2D eigenvalue weighted by Gasteiger charge is -2.22. The number of benzene rings is 1. The monoisotopic (exact) mass is 264 g/mol. The molecule has 0 saturated carbocycles. The lowest BCUT2D eigenvalue weighted by Crippen LogP contribution is -2.49. The number of nitrogens with one attached hydrogen (secondary N) is 2. The Bertz CT molecular complexity index is 439. The number of urea groups is 1. The van der Waals surface area contributed by atoms with Gasteiger partial charge in [0.25, 0.3) is 0 Å². The van der Waals surface area contributed by atoms with E-state index in [1.54, 1.807) is 33.2 Å². The van der Waals surface area contributed by atoms with Crippen LogP contribution in [0, 0.1) is 0 Å². The van der Waals surface area contributed by atoms with Gasteiger partial charge in [-0.05, 0) is 37.6 Å². The molecule has 0 fully saturated rings. The average molecular weight is 264 g/mol. The molecule has 0 heterocycles. The van der Waals surface area contributed by atoms with Crippen LogP contribution in [0.1, 0.15) is 19.4 Å². The van der Waals surface area contributed by atoms with Gasteiger partial charge in [-0.3, -0.25) is 0 Å². The molecule has 0 spiro atoms.